The third-order valence-electron chi connectivity index (χ3n) is 3.54. The summed E-state index contributed by atoms with van der Waals surface area (Å²) in [5, 5.41) is 9.83. The largest absolute Gasteiger partial charge is 0.465 e. The van der Waals surface area contributed by atoms with Gasteiger partial charge in [0.15, 0.2) is 0 Å². The van der Waals surface area contributed by atoms with Crippen LogP contribution in [0.4, 0.5) is 4.79 Å². The van der Waals surface area contributed by atoms with Crippen molar-refractivity contribution < 1.29 is 28.6 Å². The summed E-state index contributed by atoms with van der Waals surface area (Å²) in [7, 11) is 1.46. The third kappa shape index (κ3) is 10.1. The molecule has 0 unspecified atom stereocenters. The maximum atomic E-state index is 11.6. The first-order chi connectivity index (χ1) is 13.4. The highest BCUT2D eigenvalue weighted by Crippen LogP contribution is 2.05. The van der Waals surface area contributed by atoms with E-state index in [4.69, 9.17) is 19.6 Å². The fourth-order valence-electron chi connectivity index (χ4n) is 2.15. The number of nitrogens with zero attached hydrogens (tertiary/aromatic N) is 1. The Morgan fingerprint density at radius 2 is 1.71 bits per heavy atom. The first-order valence-electron chi connectivity index (χ1n) is 9.01. The molecule has 9 nitrogen and oxygen atoms in total. The number of nitrogens with one attached hydrogen (secondary N) is 2. The van der Waals surface area contributed by atoms with E-state index in [9.17, 15) is 14.4 Å². The van der Waals surface area contributed by atoms with Crippen LogP contribution in [0, 0.1) is 5.41 Å². The van der Waals surface area contributed by atoms with Gasteiger partial charge in [-0.15, -0.1) is 0 Å². The van der Waals surface area contributed by atoms with E-state index in [-0.39, 0.29) is 44.7 Å². The molecular formula is C19H27N3O6. The molecule has 0 saturated carbocycles. The number of carbonyl (C=O) groups is 3. The molecular weight excluding hydrogens is 366 g/mol. The Hall–Kier alpha value is -3.10. The Balaban J connectivity index is 2.11. The van der Waals surface area contributed by atoms with Crippen LogP contribution in [0.15, 0.2) is 30.3 Å². The van der Waals surface area contributed by atoms with Crippen LogP contribution >= 0.6 is 0 Å². The van der Waals surface area contributed by atoms with E-state index in [1.165, 1.54) is 11.9 Å². The smallest absolute Gasteiger partial charge is 0.414 e. The highest BCUT2D eigenvalue weighted by atomic mass is 16.6. The molecule has 0 bridgehead atoms. The van der Waals surface area contributed by atoms with Crippen molar-refractivity contribution in [2.45, 2.75) is 26.2 Å². The molecule has 0 aliphatic heterocycles. The van der Waals surface area contributed by atoms with Gasteiger partial charge in [0.1, 0.15) is 19.8 Å². The van der Waals surface area contributed by atoms with E-state index in [0.717, 1.165) is 12.0 Å². The van der Waals surface area contributed by atoms with Gasteiger partial charge in [-0.3, -0.25) is 20.3 Å². The molecule has 0 aliphatic rings. The topological polar surface area (TPSA) is 118 Å². The fourth-order valence-corrected chi connectivity index (χ4v) is 2.15. The average molecular weight is 393 g/mol. The molecule has 0 atom stereocenters. The number of rotatable bonds is 10. The van der Waals surface area contributed by atoms with Gasteiger partial charge >= 0.3 is 18.0 Å². The summed E-state index contributed by atoms with van der Waals surface area (Å²) in [6.07, 6.45) is 0.871. The summed E-state index contributed by atoms with van der Waals surface area (Å²) < 4.78 is 14.6. The number of aryl methyl sites for hydroxylation is 1. The van der Waals surface area contributed by atoms with Gasteiger partial charge in [0.2, 0.25) is 5.96 Å². The average Bonchev–Trinajstić information content (AvgIpc) is 2.66. The molecule has 0 spiro atoms. The molecule has 1 amide bonds. The maximum Gasteiger partial charge on any atom is 0.414 e. The van der Waals surface area contributed by atoms with Crippen LogP contribution in [-0.2, 0) is 30.2 Å². The van der Waals surface area contributed by atoms with Gasteiger partial charge in [-0.2, -0.15) is 0 Å². The second-order valence-corrected chi connectivity index (χ2v) is 5.83. The molecule has 1 aromatic rings. The number of guanidine groups is 1. The van der Waals surface area contributed by atoms with Gasteiger partial charge in [-0.25, -0.2) is 4.79 Å². The number of likely N-dealkylation sites (N-methyl/N-ethyl adjacent to an activating group) is 1. The van der Waals surface area contributed by atoms with Crippen molar-refractivity contribution in [1.82, 2.24) is 10.2 Å². The quantitative estimate of drug-likeness (QED) is 0.204. The highest BCUT2D eigenvalue weighted by Gasteiger charge is 2.14. The summed E-state index contributed by atoms with van der Waals surface area (Å²) in [5.74, 6) is -1.18. The lowest BCUT2D eigenvalue weighted by Gasteiger charge is -2.18. The van der Waals surface area contributed by atoms with Crippen LogP contribution in [0.1, 0.15) is 25.3 Å². The Kier molecular flexibility index (Phi) is 10.8. The molecule has 0 aromatic heterocycles. The van der Waals surface area contributed by atoms with Crippen LogP contribution in [-0.4, -0.2) is 62.3 Å². The minimum absolute atomic E-state index is 0.0659. The molecule has 154 valence electrons. The number of carbonyl (C=O) groups excluding carboxylic acids is 3. The van der Waals surface area contributed by atoms with Crippen LogP contribution in [0.3, 0.4) is 0 Å². The van der Waals surface area contributed by atoms with Crippen LogP contribution in [0.2, 0.25) is 0 Å². The molecule has 0 radical (unpaired) electrons. The Bertz CT molecular complexity index is 650. The van der Waals surface area contributed by atoms with Crippen molar-refractivity contribution in [1.29, 1.82) is 5.41 Å². The van der Waals surface area contributed by atoms with Crippen molar-refractivity contribution in [3.63, 3.8) is 0 Å². The fraction of sp³-hybridized carbons (Fsp3) is 0.474. The molecule has 28 heavy (non-hydrogen) atoms. The van der Waals surface area contributed by atoms with Crippen molar-refractivity contribution >= 4 is 24.0 Å². The molecule has 0 fully saturated rings. The zero-order valence-corrected chi connectivity index (χ0v) is 16.2. The maximum absolute atomic E-state index is 11.6. The lowest BCUT2D eigenvalue weighted by atomic mass is 10.1. The van der Waals surface area contributed by atoms with Crippen molar-refractivity contribution in [3.05, 3.63) is 35.9 Å². The highest BCUT2D eigenvalue weighted by molar-refractivity contribution is 5.93. The van der Waals surface area contributed by atoms with Crippen LogP contribution < -0.4 is 5.32 Å². The number of hydrogen-bond acceptors (Lipinski definition) is 7. The zero-order valence-electron chi connectivity index (χ0n) is 16.2. The standard InChI is InChI=1S/C19H27N3O6/c1-3-26-17(24)14-22(2)18(20)21-19(25)28-13-12-27-16(23)11-7-10-15-8-5-4-6-9-15/h4-6,8-9H,3,7,10-14H2,1-2H3,(H2,20,21,25). The molecule has 0 heterocycles. The molecule has 2 N–H and O–H groups in total. The predicted octanol–water partition coefficient (Wildman–Crippen LogP) is 1.71. The van der Waals surface area contributed by atoms with E-state index >= 15 is 0 Å². The monoisotopic (exact) mass is 393 g/mol. The van der Waals surface area contributed by atoms with Gasteiger partial charge < -0.3 is 19.1 Å². The van der Waals surface area contributed by atoms with Crippen molar-refractivity contribution in [2.75, 3.05) is 33.4 Å². The first kappa shape index (κ1) is 22.9. The molecule has 9 heteroatoms. The van der Waals surface area contributed by atoms with Gasteiger partial charge in [0.25, 0.3) is 0 Å². The molecule has 1 aromatic carbocycles. The van der Waals surface area contributed by atoms with E-state index in [1.807, 2.05) is 30.3 Å². The summed E-state index contributed by atoms with van der Waals surface area (Å²) in [5.41, 5.74) is 1.16. The van der Waals surface area contributed by atoms with Crippen LogP contribution in [0.5, 0.6) is 0 Å². The minimum atomic E-state index is -0.874. The summed E-state index contributed by atoms with van der Waals surface area (Å²) in [6.45, 7) is 1.54. The number of benzene rings is 1. The number of esters is 2. The predicted molar refractivity (Wildman–Crippen MR) is 102 cm³/mol. The molecule has 1 rings (SSSR count). The van der Waals surface area contributed by atoms with E-state index in [0.29, 0.717) is 6.42 Å². The number of hydrogen-bond donors (Lipinski definition) is 2. The normalized spacial score (nSPS) is 9.93. The summed E-state index contributed by atoms with van der Waals surface area (Å²) >= 11 is 0. The van der Waals surface area contributed by atoms with Crippen LogP contribution in [0.25, 0.3) is 0 Å². The Morgan fingerprint density at radius 3 is 2.39 bits per heavy atom. The number of ether oxygens (including phenoxy) is 3. The van der Waals surface area contributed by atoms with Crippen molar-refractivity contribution in [3.8, 4) is 0 Å². The molecule has 0 saturated heterocycles. The van der Waals surface area contributed by atoms with Gasteiger partial charge in [-0.05, 0) is 25.3 Å². The molecule has 0 aliphatic carbocycles. The van der Waals surface area contributed by atoms with Gasteiger partial charge in [-0.1, -0.05) is 30.3 Å². The minimum Gasteiger partial charge on any atom is -0.465 e. The number of amides is 1. The second-order valence-electron chi connectivity index (χ2n) is 5.83. The van der Waals surface area contributed by atoms with E-state index < -0.39 is 12.1 Å². The van der Waals surface area contributed by atoms with Gasteiger partial charge in [0.05, 0.1) is 6.61 Å². The summed E-state index contributed by atoms with van der Waals surface area (Å²) in [6, 6.07) is 9.83. The lowest BCUT2D eigenvalue weighted by Crippen LogP contribution is -2.44. The second kappa shape index (κ2) is 13.1. The summed E-state index contributed by atoms with van der Waals surface area (Å²) in [4.78, 5) is 35.7. The van der Waals surface area contributed by atoms with Gasteiger partial charge in [0, 0.05) is 13.5 Å². The Labute approximate surface area is 164 Å². The Morgan fingerprint density at radius 1 is 1.04 bits per heavy atom. The lowest BCUT2D eigenvalue weighted by molar-refractivity contribution is -0.145. The third-order valence-corrected chi connectivity index (χ3v) is 3.54. The SMILES string of the molecule is CCOC(=O)CN(C)C(=N)NC(=O)OCCOC(=O)CCCc1ccccc1. The van der Waals surface area contributed by atoms with E-state index in [2.05, 4.69) is 5.32 Å². The van der Waals surface area contributed by atoms with E-state index in [1.54, 1.807) is 6.92 Å². The number of alkyl carbamates (subject to hydrolysis) is 1. The van der Waals surface area contributed by atoms with Crippen molar-refractivity contribution in [2.24, 2.45) is 0 Å². The first-order valence-corrected chi connectivity index (χ1v) is 9.01. The zero-order chi connectivity index (χ0) is 20.8.